The van der Waals surface area contributed by atoms with Crippen molar-refractivity contribution in [2.75, 3.05) is 6.61 Å². The molecule has 1 aromatic heterocycles. The number of aryl methyl sites for hydroxylation is 1. The van der Waals surface area contributed by atoms with E-state index in [1.807, 2.05) is 30.7 Å². The largest absolute Gasteiger partial charge is 0.394 e. The Morgan fingerprint density at radius 2 is 2.00 bits per heavy atom. The van der Waals surface area contributed by atoms with Crippen LogP contribution in [0.2, 0.25) is 0 Å². The van der Waals surface area contributed by atoms with Crippen LogP contribution in [-0.4, -0.2) is 27.6 Å². The highest BCUT2D eigenvalue weighted by molar-refractivity contribution is 5.94. The van der Waals surface area contributed by atoms with E-state index in [4.69, 9.17) is 5.73 Å². The summed E-state index contributed by atoms with van der Waals surface area (Å²) in [6, 6.07) is 3.95. The molecule has 1 aromatic rings. The Morgan fingerprint density at radius 3 is 2.68 bits per heavy atom. The lowest BCUT2D eigenvalue weighted by Gasteiger charge is -2.21. The van der Waals surface area contributed by atoms with Gasteiger partial charge in [-0.15, -0.1) is 0 Å². The molecule has 0 aliphatic heterocycles. The van der Waals surface area contributed by atoms with Gasteiger partial charge in [-0.05, 0) is 44.2 Å². The number of unbranched alkanes of at least 4 members (excludes halogenated alkanes) is 1. The minimum absolute atomic E-state index is 0.0236. The fraction of sp³-hybridized carbons (Fsp3) is 0.762. The molecule has 25 heavy (non-hydrogen) atoms. The lowest BCUT2D eigenvalue weighted by molar-refractivity contribution is 0.0970. The second-order valence-corrected chi connectivity index (χ2v) is 8.25. The Bertz CT molecular complexity index is 542. The predicted molar refractivity (Wildman–Crippen MR) is 103 cm³/mol. The van der Waals surface area contributed by atoms with Gasteiger partial charge in [0.1, 0.15) is 0 Å². The normalized spacial score (nSPS) is 18.2. The van der Waals surface area contributed by atoms with Crippen molar-refractivity contribution in [2.45, 2.75) is 83.1 Å². The molecule has 0 radical (unpaired) electrons. The number of aliphatic hydroxyl groups excluding tert-OH is 1. The van der Waals surface area contributed by atoms with Gasteiger partial charge in [0.05, 0.1) is 12.3 Å². The van der Waals surface area contributed by atoms with E-state index in [0.29, 0.717) is 12.8 Å². The van der Waals surface area contributed by atoms with E-state index in [9.17, 15) is 9.90 Å². The Balaban J connectivity index is 1.75. The average molecular weight is 349 g/mol. The maximum absolute atomic E-state index is 12.5. The summed E-state index contributed by atoms with van der Waals surface area (Å²) in [5, 5.41) is 9.26. The van der Waals surface area contributed by atoms with Crippen LogP contribution in [0.15, 0.2) is 12.1 Å². The third-order valence-electron chi connectivity index (χ3n) is 5.82. The number of carbonyl (C=O) groups is 1. The summed E-state index contributed by atoms with van der Waals surface area (Å²) in [6.45, 7) is 1.83. The first-order valence-electron chi connectivity index (χ1n) is 10.0. The Morgan fingerprint density at radius 1 is 1.28 bits per heavy atom. The van der Waals surface area contributed by atoms with E-state index in [1.54, 1.807) is 0 Å². The van der Waals surface area contributed by atoms with Crippen LogP contribution < -0.4 is 5.73 Å². The molecule has 1 heterocycles. The number of nitrogens with two attached hydrogens (primary N) is 1. The van der Waals surface area contributed by atoms with Crippen LogP contribution in [-0.2, 0) is 13.5 Å². The molecular weight excluding hydrogens is 312 g/mol. The molecule has 1 aliphatic carbocycles. The number of ketones is 1. The fourth-order valence-electron chi connectivity index (χ4n) is 3.90. The number of aromatic nitrogens is 1. The number of hydrogen-bond donors (Lipinski definition) is 2. The highest BCUT2D eigenvalue weighted by Gasteiger charge is 2.19. The van der Waals surface area contributed by atoms with E-state index >= 15 is 0 Å². The zero-order chi connectivity index (χ0) is 18.3. The van der Waals surface area contributed by atoms with Crippen LogP contribution in [0.3, 0.4) is 0 Å². The summed E-state index contributed by atoms with van der Waals surface area (Å²) < 4.78 is 2.00. The van der Waals surface area contributed by atoms with E-state index in [-0.39, 0.29) is 12.4 Å². The van der Waals surface area contributed by atoms with Crippen molar-refractivity contribution >= 4 is 5.78 Å². The molecule has 4 heteroatoms. The third-order valence-corrected chi connectivity index (χ3v) is 5.82. The quantitative estimate of drug-likeness (QED) is 0.496. The van der Waals surface area contributed by atoms with Gasteiger partial charge in [0.25, 0.3) is 0 Å². The number of Topliss-reactive ketones (excluding diaryl/α,β-unsaturated/α-hetero) is 1. The van der Waals surface area contributed by atoms with Crippen molar-refractivity contribution in [1.29, 1.82) is 0 Å². The van der Waals surface area contributed by atoms with Crippen LogP contribution in [0.4, 0.5) is 0 Å². The summed E-state index contributed by atoms with van der Waals surface area (Å²) in [4.78, 5) is 12.5. The molecule has 1 atom stereocenters. The highest BCUT2D eigenvalue weighted by atomic mass is 16.3. The monoisotopic (exact) mass is 348 g/mol. The summed E-state index contributed by atoms with van der Waals surface area (Å²) in [5.41, 5.74) is 7.34. The van der Waals surface area contributed by atoms with Gasteiger partial charge in [-0.2, -0.15) is 0 Å². The van der Waals surface area contributed by atoms with Gasteiger partial charge in [0.2, 0.25) is 0 Å². The van der Waals surface area contributed by atoms with Gasteiger partial charge in [-0.3, -0.25) is 4.79 Å². The minimum atomic E-state index is -0.562. The lowest BCUT2D eigenvalue weighted by Crippen LogP contribution is -2.40. The molecule has 1 fully saturated rings. The van der Waals surface area contributed by atoms with Crippen molar-refractivity contribution in [1.82, 2.24) is 4.57 Å². The molecule has 4 nitrogen and oxygen atoms in total. The summed E-state index contributed by atoms with van der Waals surface area (Å²) in [7, 11) is 1.96. The standard InChI is InChI=1S/C21H36N2O2/c1-21(22,16-24)15-14-18-12-13-19(23(18)2)20(25)11-7-6-10-17-8-4-3-5-9-17/h12-13,17,24H,3-11,14-16,22H2,1-2H3/t21-/m1/s1. The van der Waals surface area contributed by atoms with Gasteiger partial charge in [0, 0.05) is 24.7 Å². The van der Waals surface area contributed by atoms with E-state index < -0.39 is 5.54 Å². The molecule has 3 N–H and O–H groups in total. The SMILES string of the molecule is Cn1c(CC[C@@](C)(N)CO)ccc1C(=O)CCCCC1CCCCC1. The molecule has 2 rings (SSSR count). The smallest absolute Gasteiger partial charge is 0.179 e. The van der Waals surface area contributed by atoms with Crippen molar-refractivity contribution in [3.05, 3.63) is 23.5 Å². The van der Waals surface area contributed by atoms with Gasteiger partial charge >= 0.3 is 0 Å². The predicted octanol–water partition coefficient (Wildman–Crippen LogP) is 3.99. The first-order valence-corrected chi connectivity index (χ1v) is 10.0. The van der Waals surface area contributed by atoms with E-state index in [0.717, 1.165) is 30.1 Å². The Labute approximate surface area is 152 Å². The van der Waals surface area contributed by atoms with Crippen molar-refractivity contribution < 1.29 is 9.90 Å². The lowest BCUT2D eigenvalue weighted by atomic mass is 9.85. The van der Waals surface area contributed by atoms with Crippen molar-refractivity contribution in [3.63, 3.8) is 0 Å². The number of rotatable bonds is 10. The fourth-order valence-corrected chi connectivity index (χ4v) is 3.90. The molecule has 0 spiro atoms. The van der Waals surface area contributed by atoms with E-state index in [2.05, 4.69) is 0 Å². The minimum Gasteiger partial charge on any atom is -0.394 e. The van der Waals surface area contributed by atoms with E-state index in [1.165, 1.54) is 44.9 Å². The molecule has 0 amide bonds. The van der Waals surface area contributed by atoms with Crippen LogP contribution >= 0.6 is 0 Å². The molecular formula is C21H36N2O2. The van der Waals surface area contributed by atoms with Crippen LogP contribution in [0.25, 0.3) is 0 Å². The molecule has 1 aliphatic rings. The number of carbonyl (C=O) groups excluding carboxylic acids is 1. The molecule has 0 unspecified atom stereocenters. The topological polar surface area (TPSA) is 68.2 Å². The molecule has 142 valence electrons. The van der Waals surface area contributed by atoms with Crippen LogP contribution in [0.1, 0.15) is 87.3 Å². The van der Waals surface area contributed by atoms with Crippen LogP contribution in [0, 0.1) is 5.92 Å². The van der Waals surface area contributed by atoms with Gasteiger partial charge in [-0.1, -0.05) is 44.9 Å². The maximum atomic E-state index is 12.5. The summed E-state index contributed by atoms with van der Waals surface area (Å²) >= 11 is 0. The van der Waals surface area contributed by atoms with Gasteiger partial charge in [-0.25, -0.2) is 0 Å². The van der Waals surface area contributed by atoms with Crippen molar-refractivity contribution in [2.24, 2.45) is 18.7 Å². The number of hydrogen-bond acceptors (Lipinski definition) is 3. The molecule has 0 bridgehead atoms. The zero-order valence-corrected chi connectivity index (χ0v) is 16.1. The maximum Gasteiger partial charge on any atom is 0.179 e. The highest BCUT2D eigenvalue weighted by Crippen LogP contribution is 2.28. The Kier molecular flexibility index (Phi) is 7.70. The van der Waals surface area contributed by atoms with Crippen LogP contribution in [0.5, 0.6) is 0 Å². The summed E-state index contributed by atoms with van der Waals surface area (Å²) in [5.74, 6) is 1.15. The summed E-state index contributed by atoms with van der Waals surface area (Å²) in [6.07, 6.45) is 12.6. The second kappa shape index (κ2) is 9.54. The third kappa shape index (κ3) is 6.27. The second-order valence-electron chi connectivity index (χ2n) is 8.25. The van der Waals surface area contributed by atoms with Gasteiger partial charge < -0.3 is 15.4 Å². The Hall–Kier alpha value is -1.13. The van der Waals surface area contributed by atoms with Crippen molar-refractivity contribution in [3.8, 4) is 0 Å². The first-order chi connectivity index (χ1) is 11.9. The molecule has 1 saturated carbocycles. The van der Waals surface area contributed by atoms with Gasteiger partial charge in [0.15, 0.2) is 5.78 Å². The first kappa shape index (κ1) is 20.2. The number of nitrogens with zero attached hydrogens (tertiary/aromatic N) is 1. The number of aliphatic hydroxyl groups is 1. The molecule has 0 aromatic carbocycles. The average Bonchev–Trinajstić information content (AvgIpc) is 2.98. The zero-order valence-electron chi connectivity index (χ0n) is 16.1. The molecule has 0 saturated heterocycles.